The van der Waals surface area contributed by atoms with Crippen LogP contribution in [0, 0.1) is 6.92 Å². The smallest absolute Gasteiger partial charge is 0.269 e. The number of hydrogen-bond acceptors (Lipinski definition) is 5. The molecule has 1 unspecified atom stereocenters. The number of aryl methyl sites for hydroxylation is 1. The van der Waals surface area contributed by atoms with Crippen molar-refractivity contribution in [3.63, 3.8) is 0 Å². The van der Waals surface area contributed by atoms with Crippen LogP contribution < -0.4 is 14.8 Å². The molecule has 31 heavy (non-hydrogen) atoms. The first kappa shape index (κ1) is 19.3. The highest BCUT2D eigenvalue weighted by molar-refractivity contribution is 7.15. The Balaban J connectivity index is 1.29. The second kappa shape index (κ2) is 8.24. The molecule has 1 atom stereocenters. The predicted molar refractivity (Wildman–Crippen MR) is 123 cm³/mol. The van der Waals surface area contributed by atoms with Crippen LogP contribution >= 0.6 is 11.3 Å². The lowest BCUT2D eigenvalue weighted by Crippen LogP contribution is -2.40. The molecule has 1 aliphatic heterocycles. The van der Waals surface area contributed by atoms with Crippen LogP contribution in [-0.4, -0.2) is 23.6 Å². The molecule has 2 heterocycles. The highest BCUT2D eigenvalue weighted by atomic mass is 32.1. The summed E-state index contributed by atoms with van der Waals surface area (Å²) in [6, 6.07) is 25.2. The SMILES string of the molecule is Cc1sc(-c2ccccc2)nc1-c1ccc(NC(=O)C2COc3ccccc3O2)cc1. The van der Waals surface area contributed by atoms with Gasteiger partial charge in [0.15, 0.2) is 11.5 Å². The van der Waals surface area contributed by atoms with E-state index >= 15 is 0 Å². The number of hydrogen-bond donors (Lipinski definition) is 1. The van der Waals surface area contributed by atoms with Crippen LogP contribution in [0.4, 0.5) is 5.69 Å². The molecule has 1 N–H and O–H groups in total. The van der Waals surface area contributed by atoms with Crippen molar-refractivity contribution >= 4 is 22.9 Å². The largest absolute Gasteiger partial charge is 0.485 e. The lowest BCUT2D eigenvalue weighted by atomic mass is 10.1. The number of thiazole rings is 1. The van der Waals surface area contributed by atoms with Crippen LogP contribution in [0.2, 0.25) is 0 Å². The van der Waals surface area contributed by atoms with Gasteiger partial charge >= 0.3 is 0 Å². The van der Waals surface area contributed by atoms with Gasteiger partial charge in [-0.2, -0.15) is 0 Å². The first-order valence-electron chi connectivity index (χ1n) is 10.00. The van der Waals surface area contributed by atoms with Crippen LogP contribution in [0.15, 0.2) is 78.9 Å². The molecule has 5 rings (SSSR count). The Morgan fingerprint density at radius 1 is 0.935 bits per heavy atom. The molecule has 1 amide bonds. The summed E-state index contributed by atoms with van der Waals surface area (Å²) in [4.78, 5) is 18.6. The minimum absolute atomic E-state index is 0.182. The molecule has 1 aliphatic rings. The number of amides is 1. The highest BCUT2D eigenvalue weighted by Crippen LogP contribution is 2.34. The summed E-state index contributed by atoms with van der Waals surface area (Å²) in [5.74, 6) is 1.00. The lowest BCUT2D eigenvalue weighted by molar-refractivity contribution is -0.125. The van der Waals surface area contributed by atoms with Gasteiger partial charge < -0.3 is 14.8 Å². The monoisotopic (exact) mass is 428 g/mol. The van der Waals surface area contributed by atoms with E-state index in [1.54, 1.807) is 17.4 Å². The summed E-state index contributed by atoms with van der Waals surface area (Å²) in [6.07, 6.45) is -0.691. The molecule has 0 bridgehead atoms. The van der Waals surface area contributed by atoms with E-state index in [0.717, 1.165) is 26.7 Å². The van der Waals surface area contributed by atoms with E-state index in [2.05, 4.69) is 24.4 Å². The molecule has 1 aromatic heterocycles. The molecule has 4 aromatic rings. The van der Waals surface area contributed by atoms with Gasteiger partial charge in [0.25, 0.3) is 5.91 Å². The average Bonchev–Trinajstić information content (AvgIpc) is 3.21. The van der Waals surface area contributed by atoms with Gasteiger partial charge in [-0.25, -0.2) is 4.98 Å². The quantitative estimate of drug-likeness (QED) is 0.462. The molecule has 3 aromatic carbocycles. The van der Waals surface area contributed by atoms with Crippen molar-refractivity contribution in [1.82, 2.24) is 4.98 Å². The van der Waals surface area contributed by atoms with E-state index in [4.69, 9.17) is 14.5 Å². The number of ether oxygens (including phenoxy) is 2. The standard InChI is InChI=1S/C25H20N2O3S/c1-16-23(27-25(31-16)18-7-3-2-4-8-18)17-11-13-19(14-12-17)26-24(28)22-15-29-20-9-5-6-10-21(20)30-22/h2-14,22H,15H2,1H3,(H,26,28). The zero-order chi connectivity index (χ0) is 21.2. The zero-order valence-corrected chi connectivity index (χ0v) is 17.7. The summed E-state index contributed by atoms with van der Waals surface area (Å²) < 4.78 is 11.4. The van der Waals surface area contributed by atoms with Gasteiger partial charge in [0.2, 0.25) is 6.10 Å². The predicted octanol–water partition coefficient (Wildman–Crippen LogP) is 5.56. The molecule has 6 heteroatoms. The minimum Gasteiger partial charge on any atom is -0.485 e. The van der Waals surface area contributed by atoms with Crippen molar-refractivity contribution < 1.29 is 14.3 Å². The molecular formula is C25H20N2O3S. The maximum absolute atomic E-state index is 12.6. The number of benzene rings is 3. The van der Waals surface area contributed by atoms with Crippen molar-refractivity contribution in [3.8, 4) is 33.3 Å². The van der Waals surface area contributed by atoms with Crippen LogP contribution in [0.25, 0.3) is 21.8 Å². The maximum Gasteiger partial charge on any atom is 0.269 e. The van der Waals surface area contributed by atoms with Crippen LogP contribution in [0.3, 0.4) is 0 Å². The Morgan fingerprint density at radius 2 is 1.65 bits per heavy atom. The van der Waals surface area contributed by atoms with E-state index in [1.165, 1.54) is 0 Å². The van der Waals surface area contributed by atoms with E-state index in [-0.39, 0.29) is 12.5 Å². The number of nitrogens with one attached hydrogen (secondary N) is 1. The fraction of sp³-hybridized carbons (Fsp3) is 0.120. The van der Waals surface area contributed by atoms with Crippen molar-refractivity contribution in [1.29, 1.82) is 0 Å². The fourth-order valence-electron chi connectivity index (χ4n) is 3.45. The summed E-state index contributed by atoms with van der Waals surface area (Å²) in [7, 11) is 0. The Kier molecular flexibility index (Phi) is 5.14. The zero-order valence-electron chi connectivity index (χ0n) is 16.9. The molecule has 0 fully saturated rings. The molecule has 0 aliphatic carbocycles. The second-order valence-corrected chi connectivity index (χ2v) is 8.42. The number of aromatic nitrogens is 1. The van der Waals surface area contributed by atoms with E-state index in [0.29, 0.717) is 17.2 Å². The van der Waals surface area contributed by atoms with Gasteiger partial charge in [0.1, 0.15) is 11.6 Å². The van der Waals surface area contributed by atoms with Crippen molar-refractivity contribution in [2.24, 2.45) is 0 Å². The van der Waals surface area contributed by atoms with Crippen LogP contribution in [-0.2, 0) is 4.79 Å². The molecular weight excluding hydrogens is 408 g/mol. The Morgan fingerprint density at radius 3 is 2.42 bits per heavy atom. The summed E-state index contributed by atoms with van der Waals surface area (Å²) in [6.45, 7) is 2.26. The first-order valence-corrected chi connectivity index (χ1v) is 10.8. The second-order valence-electron chi connectivity index (χ2n) is 7.22. The number of nitrogens with zero attached hydrogens (tertiary/aromatic N) is 1. The van der Waals surface area contributed by atoms with Gasteiger partial charge in [-0.15, -0.1) is 11.3 Å². The van der Waals surface area contributed by atoms with Crippen LogP contribution in [0.5, 0.6) is 11.5 Å². The van der Waals surface area contributed by atoms with E-state index in [1.807, 2.05) is 60.7 Å². The van der Waals surface area contributed by atoms with E-state index < -0.39 is 6.10 Å². The van der Waals surface area contributed by atoms with Crippen molar-refractivity contribution in [2.45, 2.75) is 13.0 Å². The minimum atomic E-state index is -0.691. The Labute approximate surface area is 184 Å². The summed E-state index contributed by atoms with van der Waals surface area (Å²) in [5, 5.41) is 3.91. The Hall–Kier alpha value is -3.64. The number of rotatable bonds is 4. The van der Waals surface area contributed by atoms with Crippen molar-refractivity contribution in [3.05, 3.63) is 83.7 Å². The molecule has 0 saturated carbocycles. The third-order valence-corrected chi connectivity index (χ3v) is 6.06. The molecule has 0 spiro atoms. The number of anilines is 1. The third-order valence-electron chi connectivity index (χ3n) is 5.04. The van der Waals surface area contributed by atoms with Gasteiger partial charge in [0.05, 0.1) is 5.69 Å². The molecule has 0 radical (unpaired) electrons. The first-order chi connectivity index (χ1) is 15.2. The van der Waals surface area contributed by atoms with Gasteiger partial charge in [-0.1, -0.05) is 54.6 Å². The fourth-order valence-corrected chi connectivity index (χ4v) is 4.39. The van der Waals surface area contributed by atoms with Crippen molar-refractivity contribution in [2.75, 3.05) is 11.9 Å². The normalized spacial score (nSPS) is 14.8. The third kappa shape index (κ3) is 4.02. The molecule has 0 saturated heterocycles. The number of carbonyl (C=O) groups is 1. The lowest BCUT2D eigenvalue weighted by Gasteiger charge is -2.25. The maximum atomic E-state index is 12.6. The summed E-state index contributed by atoms with van der Waals surface area (Å²) in [5.41, 5.74) is 3.79. The number of para-hydroxylation sites is 2. The topological polar surface area (TPSA) is 60.5 Å². The van der Waals surface area contributed by atoms with Gasteiger partial charge in [-0.3, -0.25) is 4.79 Å². The van der Waals surface area contributed by atoms with Gasteiger partial charge in [-0.05, 0) is 31.2 Å². The van der Waals surface area contributed by atoms with Crippen LogP contribution in [0.1, 0.15) is 4.88 Å². The molecule has 5 nitrogen and oxygen atoms in total. The molecule has 154 valence electrons. The number of fused-ring (bicyclic) bond motifs is 1. The average molecular weight is 429 g/mol. The summed E-state index contributed by atoms with van der Waals surface area (Å²) >= 11 is 1.68. The highest BCUT2D eigenvalue weighted by Gasteiger charge is 2.27. The van der Waals surface area contributed by atoms with E-state index in [9.17, 15) is 4.79 Å². The number of carbonyl (C=O) groups excluding carboxylic acids is 1. The Bertz CT molecular complexity index is 1220. The van der Waals surface area contributed by atoms with Gasteiger partial charge in [0, 0.05) is 21.7 Å².